The zero-order valence-corrected chi connectivity index (χ0v) is 8.21. The molecule has 0 amide bonds. The quantitative estimate of drug-likeness (QED) is 0.864. The van der Waals surface area contributed by atoms with Crippen molar-refractivity contribution < 1.29 is 27.8 Å². The number of hydrogen-bond acceptors (Lipinski definition) is 3. The maximum atomic E-state index is 13.1. The second kappa shape index (κ2) is 4.82. The number of carbonyl (C=O) groups is 1. The summed E-state index contributed by atoms with van der Waals surface area (Å²) in [5.41, 5.74) is -1.14. The number of pyridine rings is 1. The number of nitrogens with zero attached hydrogens (tertiary/aromatic N) is 1. The maximum Gasteiger partial charge on any atom is 0.307 e. The summed E-state index contributed by atoms with van der Waals surface area (Å²) < 4.78 is 42.5. The molecule has 16 heavy (non-hydrogen) atoms. The van der Waals surface area contributed by atoms with Crippen molar-refractivity contribution in [2.45, 2.75) is 12.8 Å². The van der Waals surface area contributed by atoms with E-state index in [0.717, 1.165) is 7.11 Å². The highest BCUT2D eigenvalue weighted by Gasteiger charge is 2.20. The molecule has 1 heterocycles. The summed E-state index contributed by atoms with van der Waals surface area (Å²) >= 11 is 0. The van der Waals surface area contributed by atoms with E-state index in [4.69, 9.17) is 5.11 Å². The van der Waals surface area contributed by atoms with Gasteiger partial charge in [0.05, 0.1) is 13.5 Å². The lowest BCUT2D eigenvalue weighted by atomic mass is 10.1. The molecule has 0 saturated carbocycles. The highest BCUT2D eigenvalue weighted by molar-refractivity contribution is 5.70. The number of carboxylic acid groups (broad SMARTS) is 1. The average Bonchev–Trinajstić information content (AvgIpc) is 2.16. The van der Waals surface area contributed by atoms with Crippen LogP contribution < -0.4 is 4.74 Å². The number of alkyl halides is 2. The molecule has 1 N–H and O–H groups in total. The third-order valence-electron chi connectivity index (χ3n) is 1.80. The molecule has 0 bridgehead atoms. The maximum absolute atomic E-state index is 13.1. The van der Waals surface area contributed by atoms with Crippen LogP contribution in [-0.2, 0) is 11.2 Å². The van der Waals surface area contributed by atoms with Crippen LogP contribution in [0.3, 0.4) is 0 Å². The fraction of sp³-hybridized carbons (Fsp3) is 0.333. The van der Waals surface area contributed by atoms with E-state index in [1.54, 1.807) is 0 Å². The summed E-state index contributed by atoms with van der Waals surface area (Å²) in [6.07, 6.45) is -3.70. The number of aliphatic carboxylic acids is 1. The van der Waals surface area contributed by atoms with Gasteiger partial charge in [-0.1, -0.05) is 0 Å². The van der Waals surface area contributed by atoms with E-state index < -0.39 is 36.2 Å². The molecule has 0 unspecified atom stereocenters. The van der Waals surface area contributed by atoms with E-state index in [-0.39, 0.29) is 5.56 Å². The van der Waals surface area contributed by atoms with Crippen molar-refractivity contribution in [1.29, 1.82) is 0 Å². The number of hydrogen-bond donors (Lipinski definition) is 1. The first-order valence-electron chi connectivity index (χ1n) is 4.19. The summed E-state index contributed by atoms with van der Waals surface area (Å²) in [5.74, 6) is -2.89. The monoisotopic (exact) mass is 235 g/mol. The van der Waals surface area contributed by atoms with Crippen LogP contribution in [0.25, 0.3) is 0 Å². The van der Waals surface area contributed by atoms with Gasteiger partial charge < -0.3 is 9.84 Å². The lowest BCUT2D eigenvalue weighted by Gasteiger charge is -2.08. The molecule has 0 atom stereocenters. The van der Waals surface area contributed by atoms with Gasteiger partial charge in [0.15, 0.2) is 5.82 Å². The Balaban J connectivity index is 3.24. The SMILES string of the molecule is COc1nc(C(F)F)c(CC(=O)O)cc1F. The Morgan fingerprint density at radius 2 is 2.25 bits per heavy atom. The summed E-state index contributed by atoms with van der Waals surface area (Å²) in [7, 11) is 1.08. The third-order valence-corrected chi connectivity index (χ3v) is 1.80. The van der Waals surface area contributed by atoms with Gasteiger partial charge in [-0.25, -0.2) is 18.2 Å². The van der Waals surface area contributed by atoms with Gasteiger partial charge in [0, 0.05) is 0 Å². The van der Waals surface area contributed by atoms with Crippen molar-refractivity contribution in [1.82, 2.24) is 4.98 Å². The number of ether oxygens (including phenoxy) is 1. The van der Waals surface area contributed by atoms with Crippen LogP contribution >= 0.6 is 0 Å². The Labute approximate surface area is 88.7 Å². The normalized spacial score (nSPS) is 10.6. The molecule has 0 aliphatic heterocycles. The molecule has 1 aromatic rings. The fourth-order valence-electron chi connectivity index (χ4n) is 1.16. The van der Waals surface area contributed by atoms with Crippen molar-refractivity contribution in [3.05, 3.63) is 23.1 Å². The lowest BCUT2D eigenvalue weighted by molar-refractivity contribution is -0.136. The topological polar surface area (TPSA) is 59.4 Å². The van der Waals surface area contributed by atoms with Crippen molar-refractivity contribution in [3.63, 3.8) is 0 Å². The van der Waals surface area contributed by atoms with Crippen LogP contribution in [0.1, 0.15) is 17.7 Å². The summed E-state index contributed by atoms with van der Waals surface area (Å²) in [6, 6.07) is 0.696. The van der Waals surface area contributed by atoms with Crippen LogP contribution in [0, 0.1) is 5.82 Å². The van der Waals surface area contributed by atoms with Crippen molar-refractivity contribution in [2.75, 3.05) is 7.11 Å². The van der Waals surface area contributed by atoms with Crippen LogP contribution in [-0.4, -0.2) is 23.2 Å². The number of carboxylic acids is 1. The van der Waals surface area contributed by atoms with Crippen molar-refractivity contribution >= 4 is 5.97 Å². The van der Waals surface area contributed by atoms with Gasteiger partial charge in [0.1, 0.15) is 5.69 Å². The average molecular weight is 235 g/mol. The molecule has 0 aliphatic rings. The second-order valence-electron chi connectivity index (χ2n) is 2.90. The Hall–Kier alpha value is -1.79. The van der Waals surface area contributed by atoms with E-state index in [1.807, 2.05) is 0 Å². The minimum absolute atomic E-state index is 0.360. The third kappa shape index (κ3) is 2.62. The Morgan fingerprint density at radius 1 is 1.62 bits per heavy atom. The molecule has 0 aromatic carbocycles. The Bertz CT molecular complexity index is 409. The summed E-state index contributed by atoms with van der Waals surface area (Å²) in [4.78, 5) is 13.6. The van der Waals surface area contributed by atoms with Crippen LogP contribution in [0.5, 0.6) is 5.88 Å². The molecule has 0 saturated heterocycles. The van der Waals surface area contributed by atoms with E-state index in [9.17, 15) is 18.0 Å². The zero-order valence-electron chi connectivity index (χ0n) is 8.21. The minimum atomic E-state index is -2.98. The number of rotatable bonds is 4. The van der Waals surface area contributed by atoms with Crippen LogP contribution in [0.4, 0.5) is 13.2 Å². The van der Waals surface area contributed by atoms with E-state index in [0.29, 0.717) is 6.07 Å². The first kappa shape index (κ1) is 12.3. The van der Waals surface area contributed by atoms with Gasteiger partial charge in [-0.15, -0.1) is 0 Å². The summed E-state index contributed by atoms with van der Waals surface area (Å²) in [5, 5.41) is 8.46. The molecule has 0 radical (unpaired) electrons. The molecule has 1 rings (SSSR count). The zero-order chi connectivity index (χ0) is 12.3. The van der Waals surface area contributed by atoms with Gasteiger partial charge in [-0.05, 0) is 11.6 Å². The number of methoxy groups -OCH3 is 1. The van der Waals surface area contributed by atoms with E-state index in [2.05, 4.69) is 9.72 Å². The largest absolute Gasteiger partial charge is 0.481 e. The van der Waals surface area contributed by atoms with Gasteiger partial charge in [-0.2, -0.15) is 0 Å². The number of halogens is 3. The highest BCUT2D eigenvalue weighted by atomic mass is 19.3. The standard InChI is InChI=1S/C9H8F3NO3/c1-16-9-5(10)2-4(3-6(14)15)7(13-9)8(11)12/h2,8H,3H2,1H3,(H,14,15). The highest BCUT2D eigenvalue weighted by Crippen LogP contribution is 2.26. The molecule has 1 aromatic heterocycles. The van der Waals surface area contributed by atoms with Gasteiger partial charge >= 0.3 is 5.97 Å². The Morgan fingerprint density at radius 3 is 2.69 bits per heavy atom. The molecular weight excluding hydrogens is 227 g/mol. The second-order valence-corrected chi connectivity index (χ2v) is 2.90. The van der Waals surface area contributed by atoms with Crippen molar-refractivity contribution in [2.24, 2.45) is 0 Å². The lowest BCUT2D eigenvalue weighted by Crippen LogP contribution is -2.08. The van der Waals surface area contributed by atoms with Gasteiger partial charge in [-0.3, -0.25) is 4.79 Å². The minimum Gasteiger partial charge on any atom is -0.481 e. The molecule has 0 aliphatic carbocycles. The molecule has 0 spiro atoms. The smallest absolute Gasteiger partial charge is 0.307 e. The predicted molar refractivity (Wildman–Crippen MR) is 47.0 cm³/mol. The first-order chi connectivity index (χ1) is 7.45. The van der Waals surface area contributed by atoms with E-state index >= 15 is 0 Å². The fourth-order valence-corrected chi connectivity index (χ4v) is 1.16. The molecular formula is C9H8F3NO3. The molecule has 7 heteroatoms. The molecule has 88 valence electrons. The first-order valence-corrected chi connectivity index (χ1v) is 4.19. The van der Waals surface area contributed by atoms with Gasteiger partial charge in [0.25, 0.3) is 12.3 Å². The number of aromatic nitrogens is 1. The predicted octanol–water partition coefficient (Wildman–Crippen LogP) is 1.79. The molecule has 0 fully saturated rings. The summed E-state index contributed by atoms with van der Waals surface area (Å²) in [6.45, 7) is 0. The molecule has 4 nitrogen and oxygen atoms in total. The van der Waals surface area contributed by atoms with Crippen LogP contribution in [0.15, 0.2) is 6.07 Å². The Kier molecular flexibility index (Phi) is 3.70. The van der Waals surface area contributed by atoms with Crippen molar-refractivity contribution in [3.8, 4) is 5.88 Å². The van der Waals surface area contributed by atoms with Crippen LogP contribution in [0.2, 0.25) is 0 Å². The van der Waals surface area contributed by atoms with E-state index in [1.165, 1.54) is 0 Å². The van der Waals surface area contributed by atoms with Gasteiger partial charge in [0.2, 0.25) is 0 Å².